The molecule has 29 heavy (non-hydrogen) atoms. The van der Waals surface area contributed by atoms with Crippen LogP contribution in [0.5, 0.6) is 0 Å². The Bertz CT molecular complexity index is 851. The van der Waals surface area contributed by atoms with Crippen LogP contribution in [0.4, 0.5) is 10.5 Å². The number of benzene rings is 1. The van der Waals surface area contributed by atoms with Crippen LogP contribution >= 0.6 is 0 Å². The van der Waals surface area contributed by atoms with Gasteiger partial charge in [-0.15, -0.1) is 0 Å². The van der Waals surface area contributed by atoms with E-state index in [0.29, 0.717) is 6.54 Å². The molecule has 1 amide bonds. The molecule has 2 fully saturated rings. The molecule has 7 heteroatoms. The van der Waals surface area contributed by atoms with E-state index in [1.165, 1.54) is 6.42 Å². The van der Waals surface area contributed by atoms with Crippen LogP contribution in [0.25, 0.3) is 10.9 Å². The van der Waals surface area contributed by atoms with E-state index in [1.54, 1.807) is 0 Å². The molecule has 3 heterocycles. The van der Waals surface area contributed by atoms with Crippen LogP contribution in [0.15, 0.2) is 24.4 Å². The lowest BCUT2D eigenvalue weighted by atomic mass is 10.1. The molecular weight excluding hydrogens is 368 g/mol. The van der Waals surface area contributed by atoms with E-state index in [2.05, 4.69) is 28.7 Å². The van der Waals surface area contributed by atoms with Gasteiger partial charge in [-0.25, -0.2) is 9.48 Å². The van der Waals surface area contributed by atoms with Crippen LogP contribution in [-0.2, 0) is 9.47 Å². The molecule has 4 rings (SSSR count). The predicted molar refractivity (Wildman–Crippen MR) is 113 cm³/mol. The third-order valence-corrected chi connectivity index (χ3v) is 5.42. The van der Waals surface area contributed by atoms with Crippen LogP contribution in [0.1, 0.15) is 59.1 Å². The van der Waals surface area contributed by atoms with Crippen molar-refractivity contribution in [2.75, 3.05) is 25.0 Å². The number of hydrogen-bond donors (Lipinski definition) is 1. The van der Waals surface area contributed by atoms with Gasteiger partial charge < -0.3 is 19.7 Å². The third kappa shape index (κ3) is 5.01. The lowest BCUT2D eigenvalue weighted by Crippen LogP contribution is -2.46. The van der Waals surface area contributed by atoms with Crippen LogP contribution in [0.3, 0.4) is 0 Å². The van der Waals surface area contributed by atoms with Gasteiger partial charge in [-0.2, -0.15) is 5.10 Å². The molecule has 2 atom stereocenters. The van der Waals surface area contributed by atoms with Gasteiger partial charge in [0.05, 0.1) is 5.52 Å². The second-order valence-electron chi connectivity index (χ2n) is 9.11. The smallest absolute Gasteiger partial charge is 0.410 e. The average molecular weight is 401 g/mol. The van der Waals surface area contributed by atoms with E-state index >= 15 is 0 Å². The minimum atomic E-state index is -0.468. The maximum Gasteiger partial charge on any atom is 0.410 e. The van der Waals surface area contributed by atoms with Crippen molar-refractivity contribution in [1.82, 2.24) is 14.7 Å². The van der Waals surface area contributed by atoms with E-state index < -0.39 is 5.60 Å². The third-order valence-electron chi connectivity index (χ3n) is 5.42. The number of anilines is 1. The number of likely N-dealkylation sites (tertiary alicyclic amines) is 1. The molecule has 1 unspecified atom stereocenters. The summed E-state index contributed by atoms with van der Waals surface area (Å²) in [6.07, 6.45) is 7.23. The molecule has 0 bridgehead atoms. The SMILES string of the molecule is CC(C)(C)OC(=O)N1CCC[C@@H](Nc2ccc3nn(C4CCCCO4)cc3c2)C1. The minimum Gasteiger partial charge on any atom is -0.444 e. The number of fused-ring (bicyclic) bond motifs is 1. The monoisotopic (exact) mass is 400 g/mol. The Kier molecular flexibility index (Phi) is 5.67. The van der Waals surface area contributed by atoms with Crippen molar-refractivity contribution in [2.24, 2.45) is 0 Å². The quantitative estimate of drug-likeness (QED) is 0.819. The number of carbonyl (C=O) groups excluding carboxylic acids is 1. The second-order valence-corrected chi connectivity index (χ2v) is 9.11. The van der Waals surface area contributed by atoms with Crippen LogP contribution in [-0.4, -0.2) is 52.1 Å². The Morgan fingerprint density at radius 2 is 2.10 bits per heavy atom. The van der Waals surface area contributed by atoms with Crippen LogP contribution in [0.2, 0.25) is 0 Å². The number of amides is 1. The fourth-order valence-corrected chi connectivity index (χ4v) is 4.04. The molecule has 2 saturated heterocycles. The van der Waals surface area contributed by atoms with Gasteiger partial charge in [-0.05, 0) is 71.1 Å². The van der Waals surface area contributed by atoms with Gasteiger partial charge in [0.25, 0.3) is 0 Å². The van der Waals surface area contributed by atoms with Gasteiger partial charge in [0.2, 0.25) is 0 Å². The fourth-order valence-electron chi connectivity index (χ4n) is 4.04. The molecule has 0 aliphatic carbocycles. The van der Waals surface area contributed by atoms with Gasteiger partial charge in [-0.1, -0.05) is 0 Å². The highest BCUT2D eigenvalue weighted by Crippen LogP contribution is 2.26. The Labute approximate surface area is 172 Å². The van der Waals surface area contributed by atoms with Gasteiger partial charge in [0.15, 0.2) is 0 Å². The maximum atomic E-state index is 12.4. The molecule has 2 aromatic rings. The number of nitrogens with zero attached hydrogens (tertiary/aromatic N) is 3. The zero-order chi connectivity index (χ0) is 20.4. The summed E-state index contributed by atoms with van der Waals surface area (Å²) in [5.41, 5.74) is 1.56. The molecule has 1 aromatic heterocycles. The lowest BCUT2D eigenvalue weighted by molar-refractivity contribution is -0.0390. The molecule has 7 nitrogen and oxygen atoms in total. The van der Waals surface area contributed by atoms with Crippen molar-refractivity contribution in [3.05, 3.63) is 24.4 Å². The van der Waals surface area contributed by atoms with Gasteiger partial charge in [-0.3, -0.25) is 0 Å². The summed E-state index contributed by atoms with van der Waals surface area (Å²) in [5.74, 6) is 0. The molecular formula is C22H32N4O3. The molecule has 1 N–H and O–H groups in total. The van der Waals surface area contributed by atoms with Crippen molar-refractivity contribution in [3.63, 3.8) is 0 Å². The maximum absolute atomic E-state index is 12.4. The first-order valence-electron chi connectivity index (χ1n) is 10.7. The fraction of sp³-hybridized carbons (Fsp3) is 0.636. The highest BCUT2D eigenvalue weighted by molar-refractivity contribution is 5.82. The molecule has 1 aromatic carbocycles. The largest absolute Gasteiger partial charge is 0.444 e. The molecule has 2 aliphatic heterocycles. The second kappa shape index (κ2) is 8.22. The molecule has 0 saturated carbocycles. The topological polar surface area (TPSA) is 68.6 Å². The summed E-state index contributed by atoms with van der Waals surface area (Å²) in [5, 5.41) is 9.38. The lowest BCUT2D eigenvalue weighted by Gasteiger charge is -2.34. The van der Waals surface area contributed by atoms with Gasteiger partial charge in [0.1, 0.15) is 11.8 Å². The van der Waals surface area contributed by atoms with E-state index in [0.717, 1.165) is 55.4 Å². The number of aromatic nitrogens is 2. The Hall–Kier alpha value is -2.28. The molecule has 158 valence electrons. The number of piperidine rings is 1. The standard InChI is InChI=1S/C22H32N4O3/c1-22(2,3)29-21(27)25-11-6-7-18(15-25)23-17-9-10-19-16(13-17)14-26(24-19)20-8-4-5-12-28-20/h9-10,13-14,18,20,23H,4-8,11-12,15H2,1-3H3/t18-,20?/m1/s1. The van der Waals surface area contributed by atoms with Crippen molar-refractivity contribution in [1.29, 1.82) is 0 Å². The molecule has 2 aliphatic rings. The summed E-state index contributed by atoms with van der Waals surface area (Å²) >= 11 is 0. The zero-order valence-corrected chi connectivity index (χ0v) is 17.7. The zero-order valence-electron chi connectivity index (χ0n) is 17.7. The number of rotatable bonds is 3. The van der Waals surface area contributed by atoms with E-state index in [4.69, 9.17) is 9.47 Å². The summed E-state index contributed by atoms with van der Waals surface area (Å²) in [6.45, 7) is 7.92. The van der Waals surface area contributed by atoms with Crippen molar-refractivity contribution < 1.29 is 14.3 Å². The highest BCUT2D eigenvalue weighted by Gasteiger charge is 2.27. The van der Waals surface area contributed by atoms with Crippen molar-refractivity contribution in [2.45, 2.75) is 70.7 Å². The van der Waals surface area contributed by atoms with E-state index in [9.17, 15) is 4.79 Å². The highest BCUT2D eigenvalue weighted by atomic mass is 16.6. The average Bonchev–Trinajstić information content (AvgIpc) is 3.11. The molecule has 0 radical (unpaired) electrons. The number of nitrogens with one attached hydrogen (secondary N) is 1. The molecule has 0 spiro atoms. The Balaban J connectivity index is 1.41. The van der Waals surface area contributed by atoms with E-state index in [1.807, 2.05) is 36.4 Å². The minimum absolute atomic E-state index is 0.0493. The first kappa shape index (κ1) is 20.0. The van der Waals surface area contributed by atoms with Gasteiger partial charge in [0, 0.05) is 43.0 Å². The summed E-state index contributed by atoms with van der Waals surface area (Å²) in [4.78, 5) is 14.2. The normalized spacial score (nSPS) is 23.2. The number of carbonyl (C=O) groups is 1. The summed E-state index contributed by atoms with van der Waals surface area (Å²) < 4.78 is 13.3. The van der Waals surface area contributed by atoms with Crippen LogP contribution in [0, 0.1) is 0 Å². The number of hydrogen-bond acceptors (Lipinski definition) is 5. The summed E-state index contributed by atoms with van der Waals surface area (Å²) in [6, 6.07) is 6.46. The van der Waals surface area contributed by atoms with Crippen molar-refractivity contribution in [3.8, 4) is 0 Å². The van der Waals surface area contributed by atoms with Gasteiger partial charge >= 0.3 is 6.09 Å². The first-order chi connectivity index (χ1) is 13.9. The van der Waals surface area contributed by atoms with E-state index in [-0.39, 0.29) is 18.4 Å². The Morgan fingerprint density at radius 1 is 1.24 bits per heavy atom. The summed E-state index contributed by atoms with van der Waals surface area (Å²) in [7, 11) is 0. The predicted octanol–water partition coefficient (Wildman–Crippen LogP) is 4.55. The van der Waals surface area contributed by atoms with Crippen molar-refractivity contribution >= 4 is 22.7 Å². The first-order valence-corrected chi connectivity index (χ1v) is 10.7. The van der Waals surface area contributed by atoms with Crippen LogP contribution < -0.4 is 5.32 Å². The Morgan fingerprint density at radius 3 is 2.86 bits per heavy atom. The number of ether oxygens (including phenoxy) is 2.